The summed E-state index contributed by atoms with van der Waals surface area (Å²) in [6.45, 7) is 0.447. The first kappa shape index (κ1) is 16.5. The van der Waals surface area contributed by atoms with Crippen LogP contribution in [0.25, 0.3) is 0 Å². The van der Waals surface area contributed by atoms with Crippen molar-refractivity contribution in [3.05, 3.63) is 39.9 Å². The summed E-state index contributed by atoms with van der Waals surface area (Å²) in [5.74, 6) is -0.421. The first-order chi connectivity index (χ1) is 9.06. The number of carbonyl (C=O) groups excluding carboxylic acids is 1. The second-order valence-electron chi connectivity index (χ2n) is 4.38. The lowest BCUT2D eigenvalue weighted by Gasteiger charge is -2.10. The monoisotopic (exact) mass is 346 g/mol. The molecule has 0 aromatic heterocycles. The largest absolute Gasteiger partial charge is 0.460 e. The van der Waals surface area contributed by atoms with Crippen molar-refractivity contribution in [2.45, 2.75) is 25.2 Å². The van der Waals surface area contributed by atoms with Crippen LogP contribution in [-0.4, -0.2) is 34.7 Å². The molecule has 7 nitrogen and oxygen atoms in total. The summed E-state index contributed by atoms with van der Waals surface area (Å²) in [6.07, 6.45) is -0.170. The molecule has 2 rings (SSSR count). The van der Waals surface area contributed by atoms with Crippen LogP contribution in [0, 0.1) is 10.1 Å². The summed E-state index contributed by atoms with van der Waals surface area (Å²) in [4.78, 5) is 21.6. The Labute approximate surface area is 125 Å². The third kappa shape index (κ3) is 4.26. The van der Waals surface area contributed by atoms with Gasteiger partial charge in [-0.2, -0.15) is 0 Å². The average molecular weight is 347 g/mol. The van der Waals surface area contributed by atoms with Gasteiger partial charge >= 0.3 is 5.97 Å². The van der Waals surface area contributed by atoms with Crippen molar-refractivity contribution < 1.29 is 19.6 Å². The zero-order valence-corrected chi connectivity index (χ0v) is 12.2. The van der Waals surface area contributed by atoms with Crippen LogP contribution in [0.4, 0.5) is 5.69 Å². The fourth-order valence-corrected chi connectivity index (χ4v) is 1.87. The lowest BCUT2D eigenvalue weighted by Crippen LogP contribution is -2.32. The summed E-state index contributed by atoms with van der Waals surface area (Å²) in [5, 5.41) is 22.6. The SMILES string of the molecule is Br.O=C(OCc1ccc([N+](=O)[O-])cc1)[C@@H]1C[C@@H](O)CN1. The number of hydrogen-bond acceptors (Lipinski definition) is 6. The third-order valence-corrected chi connectivity index (χ3v) is 2.92. The minimum Gasteiger partial charge on any atom is -0.460 e. The number of non-ortho nitro benzene ring substituents is 1. The molecule has 1 heterocycles. The number of nitrogens with zero attached hydrogens (tertiary/aromatic N) is 1. The van der Waals surface area contributed by atoms with E-state index in [1.807, 2.05) is 0 Å². The minimum atomic E-state index is -0.517. The molecule has 8 heteroatoms. The van der Waals surface area contributed by atoms with Crippen molar-refractivity contribution >= 4 is 28.6 Å². The molecule has 0 bridgehead atoms. The second kappa shape index (κ2) is 7.32. The number of nitro groups is 1. The van der Waals surface area contributed by atoms with Crippen LogP contribution in [0.3, 0.4) is 0 Å². The van der Waals surface area contributed by atoms with Crippen LogP contribution in [0.2, 0.25) is 0 Å². The maximum atomic E-state index is 11.6. The highest BCUT2D eigenvalue weighted by Crippen LogP contribution is 2.14. The number of esters is 1. The first-order valence-electron chi connectivity index (χ1n) is 5.87. The number of β-amino-alcohol motifs (C(OH)–C–C–N with tert-alkyl or cyclic N) is 1. The Morgan fingerprint density at radius 2 is 2.10 bits per heavy atom. The quantitative estimate of drug-likeness (QED) is 0.478. The predicted octanol–water partition coefficient (Wildman–Crippen LogP) is 0.939. The molecule has 2 atom stereocenters. The van der Waals surface area contributed by atoms with Crippen molar-refractivity contribution in [1.29, 1.82) is 0 Å². The van der Waals surface area contributed by atoms with E-state index in [1.165, 1.54) is 12.1 Å². The molecule has 110 valence electrons. The maximum Gasteiger partial charge on any atom is 0.323 e. The van der Waals surface area contributed by atoms with Crippen molar-refractivity contribution in [2.75, 3.05) is 6.54 Å². The van der Waals surface area contributed by atoms with Gasteiger partial charge in [0, 0.05) is 25.1 Å². The Kier molecular flexibility index (Phi) is 6.05. The molecule has 0 spiro atoms. The van der Waals surface area contributed by atoms with Gasteiger partial charge in [0.1, 0.15) is 12.6 Å². The number of hydrogen-bond donors (Lipinski definition) is 2. The Hall–Kier alpha value is -1.51. The Morgan fingerprint density at radius 1 is 1.45 bits per heavy atom. The Bertz CT molecular complexity index is 479. The van der Waals surface area contributed by atoms with E-state index in [2.05, 4.69) is 5.32 Å². The van der Waals surface area contributed by atoms with Crippen LogP contribution >= 0.6 is 17.0 Å². The lowest BCUT2D eigenvalue weighted by molar-refractivity contribution is -0.384. The summed E-state index contributed by atoms with van der Waals surface area (Å²) in [5.41, 5.74) is 0.674. The van der Waals surface area contributed by atoms with Gasteiger partial charge < -0.3 is 15.2 Å². The smallest absolute Gasteiger partial charge is 0.323 e. The molecule has 1 saturated heterocycles. The molecule has 0 aliphatic carbocycles. The third-order valence-electron chi connectivity index (χ3n) is 2.92. The van der Waals surface area contributed by atoms with Crippen LogP contribution in [-0.2, 0) is 16.1 Å². The standard InChI is InChI=1S/C12H14N2O5.BrH/c15-10-5-11(13-6-10)12(16)19-7-8-1-3-9(4-2-8)14(17)18;/h1-4,10-11,13,15H,5-7H2;1H/t10-,11+;/m1./s1. The van der Waals surface area contributed by atoms with Gasteiger partial charge in [0.05, 0.1) is 11.0 Å². The van der Waals surface area contributed by atoms with Crippen molar-refractivity contribution in [3.8, 4) is 0 Å². The van der Waals surface area contributed by atoms with Crippen molar-refractivity contribution in [3.63, 3.8) is 0 Å². The van der Waals surface area contributed by atoms with Gasteiger partial charge in [-0.1, -0.05) is 0 Å². The molecule has 0 unspecified atom stereocenters. The van der Waals surface area contributed by atoms with Gasteiger partial charge in [0.15, 0.2) is 0 Å². The Morgan fingerprint density at radius 3 is 2.60 bits per heavy atom. The van der Waals surface area contributed by atoms with Gasteiger partial charge in [-0.05, 0) is 17.7 Å². The van der Waals surface area contributed by atoms with E-state index >= 15 is 0 Å². The molecule has 20 heavy (non-hydrogen) atoms. The molecule has 1 fully saturated rings. The number of rotatable bonds is 4. The molecular weight excluding hydrogens is 332 g/mol. The molecule has 1 aliphatic heterocycles. The zero-order chi connectivity index (χ0) is 13.8. The normalized spacial score (nSPS) is 21.1. The van der Waals surface area contributed by atoms with Crippen molar-refractivity contribution in [2.24, 2.45) is 0 Å². The van der Waals surface area contributed by atoms with Crippen LogP contribution in [0.5, 0.6) is 0 Å². The van der Waals surface area contributed by atoms with Crippen LogP contribution in [0.1, 0.15) is 12.0 Å². The highest BCUT2D eigenvalue weighted by atomic mass is 79.9. The zero-order valence-electron chi connectivity index (χ0n) is 10.5. The highest BCUT2D eigenvalue weighted by Gasteiger charge is 2.29. The summed E-state index contributed by atoms with van der Waals surface area (Å²) in [6, 6.07) is 5.33. The van der Waals surface area contributed by atoms with E-state index in [0.29, 0.717) is 18.5 Å². The number of benzene rings is 1. The van der Waals surface area contributed by atoms with E-state index < -0.39 is 23.0 Å². The van der Waals surface area contributed by atoms with Gasteiger partial charge in [-0.15, -0.1) is 17.0 Å². The topological polar surface area (TPSA) is 102 Å². The molecule has 0 saturated carbocycles. The van der Waals surface area contributed by atoms with E-state index in [4.69, 9.17) is 4.74 Å². The molecule has 1 aromatic rings. The van der Waals surface area contributed by atoms with E-state index in [1.54, 1.807) is 12.1 Å². The minimum absolute atomic E-state index is 0. The number of halogens is 1. The number of carbonyl (C=O) groups is 1. The summed E-state index contributed by atoms with van der Waals surface area (Å²) < 4.78 is 5.08. The van der Waals surface area contributed by atoms with Gasteiger partial charge in [0.25, 0.3) is 5.69 Å². The molecule has 0 amide bonds. The summed E-state index contributed by atoms with van der Waals surface area (Å²) in [7, 11) is 0. The van der Waals surface area contributed by atoms with E-state index in [9.17, 15) is 20.0 Å². The molecule has 1 aliphatic rings. The summed E-state index contributed by atoms with van der Waals surface area (Å²) >= 11 is 0. The van der Waals surface area contributed by atoms with E-state index in [-0.39, 0.29) is 29.3 Å². The van der Waals surface area contributed by atoms with Crippen LogP contribution in [0.15, 0.2) is 24.3 Å². The second-order valence-corrected chi connectivity index (χ2v) is 4.38. The molecule has 1 aromatic carbocycles. The number of nitro benzene ring substituents is 1. The molecule has 0 radical (unpaired) electrons. The fourth-order valence-electron chi connectivity index (χ4n) is 1.87. The number of nitrogens with one attached hydrogen (secondary N) is 1. The van der Waals surface area contributed by atoms with Gasteiger partial charge in [-0.3, -0.25) is 14.9 Å². The van der Waals surface area contributed by atoms with Crippen LogP contribution < -0.4 is 5.32 Å². The lowest BCUT2D eigenvalue weighted by atomic mass is 10.2. The van der Waals surface area contributed by atoms with E-state index in [0.717, 1.165) is 0 Å². The fraction of sp³-hybridized carbons (Fsp3) is 0.417. The van der Waals surface area contributed by atoms with Gasteiger partial charge in [-0.25, -0.2) is 0 Å². The molecule has 2 N–H and O–H groups in total. The maximum absolute atomic E-state index is 11.6. The number of aliphatic hydroxyl groups is 1. The van der Waals surface area contributed by atoms with Crippen molar-refractivity contribution in [1.82, 2.24) is 5.32 Å². The van der Waals surface area contributed by atoms with Gasteiger partial charge in [0.2, 0.25) is 0 Å². The Balaban J connectivity index is 0.00000200. The number of ether oxygens (including phenoxy) is 1. The highest BCUT2D eigenvalue weighted by molar-refractivity contribution is 8.93. The number of aliphatic hydroxyl groups excluding tert-OH is 1. The average Bonchev–Trinajstić information content (AvgIpc) is 2.83. The first-order valence-corrected chi connectivity index (χ1v) is 5.87. The predicted molar refractivity (Wildman–Crippen MR) is 75.6 cm³/mol. The molecular formula is C12H15BrN2O5.